The van der Waals surface area contributed by atoms with Crippen molar-refractivity contribution in [3.8, 4) is 5.69 Å². The van der Waals surface area contributed by atoms with Crippen LogP contribution in [-0.4, -0.2) is 39.8 Å². The van der Waals surface area contributed by atoms with Crippen LogP contribution in [0.15, 0.2) is 53.5 Å². The zero-order chi connectivity index (χ0) is 19.6. The number of rotatable bonds is 4. The van der Waals surface area contributed by atoms with E-state index in [0.717, 1.165) is 0 Å². The third-order valence-electron chi connectivity index (χ3n) is 4.41. The van der Waals surface area contributed by atoms with Gasteiger partial charge in [-0.15, -0.1) is 0 Å². The Kier molecular flexibility index (Phi) is 5.07. The fourth-order valence-electron chi connectivity index (χ4n) is 3.03. The van der Waals surface area contributed by atoms with Gasteiger partial charge in [0.2, 0.25) is 17.7 Å². The van der Waals surface area contributed by atoms with Gasteiger partial charge < -0.3 is 16.0 Å². The number of pyridine rings is 1. The summed E-state index contributed by atoms with van der Waals surface area (Å²) in [5.74, 6) is -1.96. The molecule has 139 valence electrons. The number of benzene rings is 1. The number of hydrogen-bond donors (Lipinski definition) is 2. The van der Waals surface area contributed by atoms with Crippen molar-refractivity contribution in [3.05, 3.63) is 65.4 Å². The van der Waals surface area contributed by atoms with E-state index in [9.17, 15) is 19.2 Å². The van der Waals surface area contributed by atoms with E-state index < -0.39 is 17.9 Å². The molecule has 2 heterocycles. The summed E-state index contributed by atoms with van der Waals surface area (Å²) >= 11 is 0. The van der Waals surface area contributed by atoms with Crippen molar-refractivity contribution in [1.82, 2.24) is 9.47 Å². The standard InChI is InChI=1S/C19H19N4O4/c1-12(24)23-11-13(10-16(23)18(20)26)19(27)21-14-5-7-15(8-6-14)22-9-3-2-4-17(22)25/h2-10,13,16H,11H2,1H3,(H2,20,26)(H,21,27). The summed E-state index contributed by atoms with van der Waals surface area (Å²) in [6.07, 6.45) is 3.14. The summed E-state index contributed by atoms with van der Waals surface area (Å²) in [5, 5.41) is 2.75. The number of likely N-dealkylation sites (tertiary alicyclic amines) is 1. The highest BCUT2D eigenvalue weighted by atomic mass is 16.2. The Bertz CT molecular complexity index is 913. The summed E-state index contributed by atoms with van der Waals surface area (Å²) in [4.78, 5) is 48.7. The molecule has 1 radical (unpaired) electrons. The van der Waals surface area contributed by atoms with Crippen LogP contribution < -0.4 is 16.6 Å². The number of anilines is 1. The SMILES string of the molecule is CC(=O)N1CC(C(=O)Nc2ccc(-n3ccccc3=O)cc2)[CH]C1C(N)=O. The highest BCUT2D eigenvalue weighted by molar-refractivity contribution is 5.97. The smallest absolute Gasteiger partial charge is 0.255 e. The number of nitrogens with two attached hydrogens (primary N) is 1. The maximum absolute atomic E-state index is 12.5. The molecule has 1 aliphatic rings. The zero-order valence-electron chi connectivity index (χ0n) is 14.7. The van der Waals surface area contributed by atoms with E-state index in [1.54, 1.807) is 42.6 Å². The first kappa shape index (κ1) is 18.4. The minimum absolute atomic E-state index is 0.103. The van der Waals surface area contributed by atoms with Crippen LogP contribution in [0.3, 0.4) is 0 Å². The molecule has 27 heavy (non-hydrogen) atoms. The molecule has 1 aromatic heterocycles. The van der Waals surface area contributed by atoms with Crippen molar-refractivity contribution in [2.24, 2.45) is 11.7 Å². The molecule has 8 nitrogen and oxygen atoms in total. The lowest BCUT2D eigenvalue weighted by molar-refractivity contribution is -0.135. The number of amides is 3. The van der Waals surface area contributed by atoms with Crippen molar-refractivity contribution in [1.29, 1.82) is 0 Å². The lowest BCUT2D eigenvalue weighted by atomic mass is 10.0. The molecule has 0 saturated carbocycles. The summed E-state index contributed by atoms with van der Waals surface area (Å²) in [6, 6.07) is 10.8. The molecule has 3 amide bonds. The Labute approximate surface area is 155 Å². The predicted molar refractivity (Wildman–Crippen MR) is 98.8 cm³/mol. The van der Waals surface area contributed by atoms with Gasteiger partial charge in [-0.1, -0.05) is 6.07 Å². The molecule has 0 bridgehead atoms. The summed E-state index contributed by atoms with van der Waals surface area (Å²) in [5.41, 5.74) is 6.35. The third-order valence-corrected chi connectivity index (χ3v) is 4.41. The van der Waals surface area contributed by atoms with Gasteiger partial charge in [-0.25, -0.2) is 0 Å². The fraction of sp³-hybridized carbons (Fsp3) is 0.211. The molecular formula is C19H19N4O4. The second kappa shape index (κ2) is 7.45. The Morgan fingerprint density at radius 1 is 1.11 bits per heavy atom. The van der Waals surface area contributed by atoms with Crippen LogP contribution in [0.4, 0.5) is 5.69 Å². The summed E-state index contributed by atoms with van der Waals surface area (Å²) < 4.78 is 1.48. The third kappa shape index (κ3) is 3.89. The Hall–Kier alpha value is -3.42. The van der Waals surface area contributed by atoms with E-state index in [1.807, 2.05) is 0 Å². The first-order valence-electron chi connectivity index (χ1n) is 8.37. The molecule has 2 aromatic rings. The Morgan fingerprint density at radius 3 is 2.37 bits per heavy atom. The van der Waals surface area contributed by atoms with Crippen LogP contribution in [-0.2, 0) is 14.4 Å². The van der Waals surface area contributed by atoms with Crippen molar-refractivity contribution in [2.45, 2.75) is 13.0 Å². The molecule has 2 unspecified atom stereocenters. The van der Waals surface area contributed by atoms with E-state index in [0.29, 0.717) is 11.4 Å². The molecule has 2 atom stereocenters. The molecule has 1 fully saturated rings. The molecule has 1 aliphatic heterocycles. The van der Waals surface area contributed by atoms with Crippen LogP contribution in [0.1, 0.15) is 6.92 Å². The van der Waals surface area contributed by atoms with E-state index in [-0.39, 0.29) is 23.9 Å². The average Bonchev–Trinajstić information content (AvgIpc) is 3.09. The predicted octanol–water partition coefficient (Wildman–Crippen LogP) is 0.312. The van der Waals surface area contributed by atoms with Crippen LogP contribution in [0, 0.1) is 12.3 Å². The van der Waals surface area contributed by atoms with Crippen LogP contribution in [0.5, 0.6) is 0 Å². The van der Waals surface area contributed by atoms with Gasteiger partial charge in [0.05, 0.1) is 5.92 Å². The molecule has 3 rings (SSSR count). The van der Waals surface area contributed by atoms with E-state index >= 15 is 0 Å². The van der Waals surface area contributed by atoms with Gasteiger partial charge >= 0.3 is 0 Å². The molecule has 1 saturated heterocycles. The van der Waals surface area contributed by atoms with E-state index in [4.69, 9.17) is 5.73 Å². The Morgan fingerprint density at radius 2 is 1.81 bits per heavy atom. The first-order chi connectivity index (χ1) is 12.9. The van der Waals surface area contributed by atoms with E-state index in [2.05, 4.69) is 5.32 Å². The number of nitrogens with one attached hydrogen (secondary N) is 1. The number of aromatic nitrogens is 1. The van der Waals surface area contributed by atoms with Gasteiger partial charge in [0, 0.05) is 43.5 Å². The quantitative estimate of drug-likeness (QED) is 0.809. The Balaban J connectivity index is 1.70. The summed E-state index contributed by atoms with van der Waals surface area (Å²) in [6.45, 7) is 1.43. The monoisotopic (exact) mass is 367 g/mol. The molecule has 8 heteroatoms. The minimum atomic E-state index is -0.884. The molecule has 1 aromatic carbocycles. The number of hydrogen-bond acceptors (Lipinski definition) is 4. The van der Waals surface area contributed by atoms with Gasteiger partial charge in [-0.2, -0.15) is 0 Å². The maximum atomic E-state index is 12.5. The van der Waals surface area contributed by atoms with Gasteiger partial charge in [0.25, 0.3) is 5.56 Å². The average molecular weight is 367 g/mol. The number of nitrogens with zero attached hydrogens (tertiary/aromatic N) is 2. The van der Waals surface area contributed by atoms with Crippen molar-refractivity contribution in [3.63, 3.8) is 0 Å². The van der Waals surface area contributed by atoms with Crippen LogP contribution >= 0.6 is 0 Å². The number of carbonyl (C=O) groups excluding carboxylic acids is 3. The second-order valence-corrected chi connectivity index (χ2v) is 6.26. The normalized spacial score (nSPS) is 18.9. The van der Waals surface area contributed by atoms with Gasteiger partial charge in [-0.05, 0) is 30.3 Å². The number of carbonyl (C=O) groups is 3. The van der Waals surface area contributed by atoms with Crippen LogP contribution in [0.25, 0.3) is 5.69 Å². The summed E-state index contributed by atoms with van der Waals surface area (Å²) in [7, 11) is 0. The van der Waals surface area contributed by atoms with Gasteiger partial charge in [0.1, 0.15) is 6.04 Å². The van der Waals surface area contributed by atoms with Crippen molar-refractivity contribution < 1.29 is 14.4 Å². The van der Waals surface area contributed by atoms with E-state index in [1.165, 1.54) is 28.9 Å². The molecular weight excluding hydrogens is 348 g/mol. The fourth-order valence-corrected chi connectivity index (χ4v) is 3.03. The second-order valence-electron chi connectivity index (χ2n) is 6.26. The van der Waals surface area contributed by atoms with Crippen molar-refractivity contribution >= 4 is 23.4 Å². The minimum Gasteiger partial charge on any atom is -0.368 e. The highest BCUT2D eigenvalue weighted by Crippen LogP contribution is 2.24. The number of primary amides is 1. The highest BCUT2D eigenvalue weighted by Gasteiger charge is 2.40. The largest absolute Gasteiger partial charge is 0.368 e. The maximum Gasteiger partial charge on any atom is 0.255 e. The van der Waals surface area contributed by atoms with Gasteiger partial charge in [-0.3, -0.25) is 23.7 Å². The zero-order valence-corrected chi connectivity index (χ0v) is 14.7. The van der Waals surface area contributed by atoms with Gasteiger partial charge in [0.15, 0.2) is 0 Å². The van der Waals surface area contributed by atoms with Crippen molar-refractivity contribution in [2.75, 3.05) is 11.9 Å². The van der Waals surface area contributed by atoms with Crippen LogP contribution in [0.2, 0.25) is 0 Å². The topological polar surface area (TPSA) is 114 Å². The lowest BCUT2D eigenvalue weighted by Gasteiger charge is -2.19. The lowest BCUT2D eigenvalue weighted by Crippen LogP contribution is -2.42. The molecule has 3 N–H and O–H groups in total. The molecule has 0 aliphatic carbocycles. The first-order valence-corrected chi connectivity index (χ1v) is 8.37. The molecule has 0 spiro atoms.